The topological polar surface area (TPSA) is 30.5 Å². The van der Waals surface area contributed by atoms with Crippen LogP contribution >= 0.6 is 31.9 Å². The van der Waals surface area contributed by atoms with Crippen molar-refractivity contribution in [3.05, 3.63) is 26.6 Å². The van der Waals surface area contributed by atoms with E-state index in [1.54, 1.807) is 0 Å². The van der Waals surface area contributed by atoms with E-state index in [1.807, 2.05) is 7.05 Å². The van der Waals surface area contributed by atoms with Gasteiger partial charge in [-0.3, -0.25) is 0 Å². The Bertz CT molecular complexity index is 440. The summed E-state index contributed by atoms with van der Waals surface area (Å²) in [4.78, 5) is 0. The first kappa shape index (κ1) is 17.4. The summed E-state index contributed by atoms with van der Waals surface area (Å²) >= 11 is 7.23. The molecule has 1 rings (SSSR count). The molecule has 3 nitrogen and oxygen atoms in total. The first-order valence-electron chi connectivity index (χ1n) is 6.07. The van der Waals surface area contributed by atoms with E-state index in [1.165, 1.54) is 5.56 Å². The average Bonchev–Trinajstić information content (AvgIpc) is 2.34. The summed E-state index contributed by atoms with van der Waals surface area (Å²) in [6.45, 7) is 4.36. The fraction of sp³-hybridized carbons (Fsp3) is 0.500. The highest BCUT2D eigenvalue weighted by Gasteiger charge is 2.30. The van der Waals surface area contributed by atoms with Crippen molar-refractivity contribution in [1.29, 1.82) is 0 Å². The minimum atomic E-state index is -0.112. The van der Waals surface area contributed by atoms with Gasteiger partial charge in [-0.2, -0.15) is 0 Å². The largest absolute Gasteiger partial charge is 0.404 e. The molecule has 0 saturated carbocycles. The number of benzene rings is 1. The average molecular weight is 427 g/mol. The monoisotopic (exact) mass is 425 g/mol. The number of halogens is 2. The fourth-order valence-corrected chi connectivity index (χ4v) is 5.79. The van der Waals surface area contributed by atoms with E-state index in [4.69, 9.17) is 8.85 Å². The summed E-state index contributed by atoms with van der Waals surface area (Å²) in [5, 5.41) is 3.20. The van der Waals surface area contributed by atoms with Crippen molar-refractivity contribution >= 4 is 58.5 Å². The smallest absolute Gasteiger partial charge is 0.149 e. The first-order chi connectivity index (χ1) is 8.87. The Morgan fingerprint density at radius 2 is 1.84 bits per heavy atom. The van der Waals surface area contributed by atoms with Gasteiger partial charge in [0.2, 0.25) is 0 Å². The van der Waals surface area contributed by atoms with E-state index in [0.717, 1.165) is 21.1 Å². The van der Waals surface area contributed by atoms with Crippen LogP contribution < -0.4 is 5.32 Å². The first-order valence-corrected chi connectivity index (χ1v) is 9.29. The van der Waals surface area contributed by atoms with Crippen molar-refractivity contribution in [3.63, 3.8) is 0 Å². The Kier molecular flexibility index (Phi) is 6.75. The molecular formula is C12H21Br2NO2Si2. The van der Waals surface area contributed by atoms with Gasteiger partial charge in [-0.05, 0) is 49.9 Å². The standard InChI is InChI=1S/C12H21Br2NO2Si2/c1-12(2,11(16-18)17-19)6-7-4-5-8(13)10(15-3)9(7)14/h4-5,11,15H,6H2,1-3,18-19H3. The summed E-state index contributed by atoms with van der Waals surface area (Å²) in [5.74, 6) is 0. The second-order valence-electron chi connectivity index (χ2n) is 5.11. The van der Waals surface area contributed by atoms with Gasteiger partial charge in [-0.15, -0.1) is 0 Å². The lowest BCUT2D eigenvalue weighted by Gasteiger charge is -2.33. The number of hydrogen-bond acceptors (Lipinski definition) is 3. The lowest BCUT2D eigenvalue weighted by Crippen LogP contribution is -2.35. The highest BCUT2D eigenvalue weighted by Crippen LogP contribution is 2.37. The molecule has 1 aromatic rings. The van der Waals surface area contributed by atoms with Gasteiger partial charge >= 0.3 is 0 Å². The Morgan fingerprint density at radius 1 is 1.26 bits per heavy atom. The summed E-state index contributed by atoms with van der Waals surface area (Å²) in [5.41, 5.74) is 2.27. The maximum absolute atomic E-state index is 5.57. The van der Waals surface area contributed by atoms with E-state index >= 15 is 0 Å². The number of anilines is 1. The van der Waals surface area contributed by atoms with E-state index in [-0.39, 0.29) is 11.7 Å². The van der Waals surface area contributed by atoms with Crippen LogP contribution in [-0.2, 0) is 15.3 Å². The Hall–Kier alpha value is 0.334. The van der Waals surface area contributed by atoms with E-state index in [2.05, 4.69) is 63.2 Å². The molecule has 108 valence electrons. The van der Waals surface area contributed by atoms with Crippen LogP contribution in [0.15, 0.2) is 21.1 Å². The van der Waals surface area contributed by atoms with Gasteiger partial charge in [-0.1, -0.05) is 19.9 Å². The quantitative estimate of drug-likeness (QED) is 0.555. The third-order valence-corrected chi connectivity index (χ3v) is 5.56. The molecule has 0 bridgehead atoms. The van der Waals surface area contributed by atoms with Gasteiger partial charge in [0.25, 0.3) is 0 Å². The van der Waals surface area contributed by atoms with Gasteiger partial charge < -0.3 is 14.2 Å². The molecule has 1 N–H and O–H groups in total. The van der Waals surface area contributed by atoms with Crippen molar-refractivity contribution in [2.24, 2.45) is 5.41 Å². The van der Waals surface area contributed by atoms with Gasteiger partial charge in [0, 0.05) is 21.4 Å². The SMILES string of the molecule is CNc1c(Br)ccc(CC(C)(C)C(O[SiH3])O[SiH3])c1Br. The Morgan fingerprint density at radius 3 is 2.32 bits per heavy atom. The van der Waals surface area contributed by atoms with Gasteiger partial charge in [-0.25, -0.2) is 0 Å². The number of nitrogens with one attached hydrogen (secondary N) is 1. The molecule has 1 aromatic carbocycles. The zero-order valence-electron chi connectivity index (χ0n) is 12.0. The van der Waals surface area contributed by atoms with Crippen LogP contribution in [0.4, 0.5) is 5.69 Å². The number of hydrogen-bond donors (Lipinski definition) is 1. The van der Waals surface area contributed by atoms with Gasteiger partial charge in [0.15, 0.2) is 0 Å². The minimum absolute atomic E-state index is 0.0507. The van der Waals surface area contributed by atoms with E-state index in [9.17, 15) is 0 Å². The molecule has 0 saturated heterocycles. The molecule has 7 heteroatoms. The third-order valence-electron chi connectivity index (χ3n) is 3.13. The summed E-state index contributed by atoms with van der Waals surface area (Å²) < 4.78 is 13.3. The molecule has 0 radical (unpaired) electrons. The molecule has 19 heavy (non-hydrogen) atoms. The zero-order valence-corrected chi connectivity index (χ0v) is 19.2. The van der Waals surface area contributed by atoms with Crippen molar-refractivity contribution in [3.8, 4) is 0 Å². The molecule has 0 aliphatic heterocycles. The van der Waals surface area contributed by atoms with Crippen LogP contribution in [-0.4, -0.2) is 34.3 Å². The molecule has 0 unspecified atom stereocenters. The summed E-state index contributed by atoms with van der Waals surface area (Å²) in [6.07, 6.45) is 0.782. The Balaban J connectivity index is 3.06. The zero-order chi connectivity index (χ0) is 14.6. The van der Waals surface area contributed by atoms with Crippen LogP contribution in [0.3, 0.4) is 0 Å². The molecule has 0 aliphatic carbocycles. The highest BCUT2D eigenvalue weighted by atomic mass is 79.9. The number of rotatable bonds is 6. The summed E-state index contributed by atoms with van der Waals surface area (Å²) in [6, 6.07) is 4.20. The molecule has 0 aliphatic rings. The van der Waals surface area contributed by atoms with Crippen LogP contribution in [0.25, 0.3) is 0 Å². The van der Waals surface area contributed by atoms with Crippen LogP contribution in [0.5, 0.6) is 0 Å². The molecule has 0 atom stereocenters. The van der Waals surface area contributed by atoms with Crippen LogP contribution in [0, 0.1) is 5.41 Å². The van der Waals surface area contributed by atoms with E-state index in [0.29, 0.717) is 21.0 Å². The molecule has 0 heterocycles. The van der Waals surface area contributed by atoms with Gasteiger partial charge in [0.1, 0.15) is 27.3 Å². The molecule has 0 aromatic heterocycles. The second kappa shape index (κ2) is 7.37. The molecule has 0 fully saturated rings. The maximum Gasteiger partial charge on any atom is 0.149 e. The van der Waals surface area contributed by atoms with Crippen LogP contribution in [0.2, 0.25) is 0 Å². The maximum atomic E-state index is 5.57. The van der Waals surface area contributed by atoms with Crippen molar-refractivity contribution in [1.82, 2.24) is 0 Å². The second-order valence-corrected chi connectivity index (χ2v) is 7.70. The normalized spacial score (nSPS) is 13.7. The molecule has 0 amide bonds. The predicted molar refractivity (Wildman–Crippen MR) is 94.7 cm³/mol. The van der Waals surface area contributed by atoms with Crippen molar-refractivity contribution in [2.75, 3.05) is 12.4 Å². The minimum Gasteiger partial charge on any atom is -0.404 e. The lowest BCUT2D eigenvalue weighted by atomic mass is 9.85. The summed E-state index contributed by atoms with van der Waals surface area (Å²) in [7, 11) is 3.30. The highest BCUT2D eigenvalue weighted by molar-refractivity contribution is 9.11. The molecular weight excluding hydrogens is 406 g/mol. The third kappa shape index (κ3) is 4.15. The lowest BCUT2D eigenvalue weighted by molar-refractivity contribution is -0.0726. The van der Waals surface area contributed by atoms with Gasteiger partial charge in [0.05, 0.1) is 5.69 Å². The van der Waals surface area contributed by atoms with Crippen molar-refractivity contribution in [2.45, 2.75) is 26.6 Å². The molecule has 0 spiro atoms. The fourth-order valence-electron chi connectivity index (χ4n) is 2.27. The van der Waals surface area contributed by atoms with E-state index < -0.39 is 0 Å². The van der Waals surface area contributed by atoms with Crippen LogP contribution in [0.1, 0.15) is 19.4 Å². The Labute approximate surface area is 138 Å². The predicted octanol–water partition coefficient (Wildman–Crippen LogP) is 1.74. The van der Waals surface area contributed by atoms with Crippen molar-refractivity contribution < 1.29 is 8.85 Å².